The zero-order valence-electron chi connectivity index (χ0n) is 17.1. The number of halogens is 1. The summed E-state index contributed by atoms with van der Waals surface area (Å²) in [7, 11) is -2.07. The number of benzene rings is 2. The van der Waals surface area contributed by atoms with Gasteiger partial charge in [0, 0.05) is 5.02 Å². The Morgan fingerprint density at radius 3 is 2.34 bits per heavy atom. The molecule has 0 radical (unpaired) electrons. The Bertz CT molecular complexity index is 930. The highest BCUT2D eigenvalue weighted by atomic mass is 35.5. The molecule has 1 N–H and O–H groups in total. The number of carbonyl (C=O) groups is 1. The Morgan fingerprint density at radius 2 is 1.83 bits per heavy atom. The van der Waals surface area contributed by atoms with Crippen molar-refractivity contribution in [2.24, 2.45) is 5.92 Å². The van der Waals surface area contributed by atoms with Gasteiger partial charge in [-0.05, 0) is 48.2 Å². The molecule has 1 amide bonds. The van der Waals surface area contributed by atoms with Crippen LogP contribution in [0.5, 0.6) is 5.75 Å². The molecule has 2 aromatic carbocycles. The topological polar surface area (TPSA) is 75.7 Å². The lowest BCUT2D eigenvalue weighted by molar-refractivity contribution is -0.120. The van der Waals surface area contributed by atoms with Gasteiger partial charge >= 0.3 is 0 Å². The number of anilines is 1. The van der Waals surface area contributed by atoms with Gasteiger partial charge in [0.2, 0.25) is 15.9 Å². The monoisotopic (exact) mass is 438 g/mol. The molecule has 0 spiro atoms. The number of nitrogens with one attached hydrogen (secondary N) is 1. The number of methoxy groups -OCH3 is 1. The molecule has 2 aromatic rings. The number of ether oxygens (including phenoxy) is 1. The highest BCUT2D eigenvalue weighted by molar-refractivity contribution is 7.92. The lowest BCUT2D eigenvalue weighted by Crippen LogP contribution is -2.41. The van der Waals surface area contributed by atoms with Gasteiger partial charge in [-0.3, -0.25) is 9.10 Å². The third kappa shape index (κ3) is 6.94. The normalized spacial score (nSPS) is 12.5. The molecule has 0 bridgehead atoms. The SMILES string of the molecule is COc1ccc([C@H](CC(C)C)NC(=O)CN(c2cccc(Cl)c2)S(C)(=O)=O)cc1. The van der Waals surface area contributed by atoms with Gasteiger partial charge in [-0.15, -0.1) is 0 Å². The van der Waals surface area contributed by atoms with Gasteiger partial charge in [-0.2, -0.15) is 0 Å². The first-order valence-electron chi connectivity index (χ1n) is 9.26. The summed E-state index contributed by atoms with van der Waals surface area (Å²) in [4.78, 5) is 12.8. The van der Waals surface area contributed by atoms with Crippen LogP contribution in [0.2, 0.25) is 5.02 Å². The van der Waals surface area contributed by atoms with Gasteiger partial charge < -0.3 is 10.1 Å². The lowest BCUT2D eigenvalue weighted by Gasteiger charge is -2.25. The van der Waals surface area contributed by atoms with Crippen molar-refractivity contribution in [2.45, 2.75) is 26.3 Å². The largest absolute Gasteiger partial charge is 0.497 e. The van der Waals surface area contributed by atoms with Gasteiger partial charge in [0.1, 0.15) is 12.3 Å². The van der Waals surface area contributed by atoms with Crippen LogP contribution in [0, 0.1) is 5.92 Å². The van der Waals surface area contributed by atoms with E-state index in [0.717, 1.165) is 21.9 Å². The molecule has 0 fully saturated rings. The van der Waals surface area contributed by atoms with E-state index in [1.54, 1.807) is 25.3 Å². The van der Waals surface area contributed by atoms with Crippen LogP contribution in [-0.4, -0.2) is 34.2 Å². The predicted molar refractivity (Wildman–Crippen MR) is 117 cm³/mol. The number of hydrogen-bond donors (Lipinski definition) is 1. The third-order valence-corrected chi connectivity index (χ3v) is 5.72. The molecule has 0 aliphatic rings. The van der Waals surface area contributed by atoms with E-state index in [-0.39, 0.29) is 12.6 Å². The van der Waals surface area contributed by atoms with E-state index >= 15 is 0 Å². The van der Waals surface area contributed by atoms with Gasteiger partial charge in [0.15, 0.2) is 0 Å². The second-order valence-corrected chi connectivity index (χ2v) is 9.62. The predicted octanol–water partition coefficient (Wildman–Crippen LogP) is 4.02. The molecule has 0 heterocycles. The van der Waals surface area contributed by atoms with Crippen LogP contribution < -0.4 is 14.4 Å². The Labute approximate surface area is 177 Å². The smallest absolute Gasteiger partial charge is 0.241 e. The fourth-order valence-corrected chi connectivity index (χ4v) is 4.02. The maximum absolute atomic E-state index is 12.8. The van der Waals surface area contributed by atoms with Crippen molar-refractivity contribution >= 4 is 33.2 Å². The summed E-state index contributed by atoms with van der Waals surface area (Å²) < 4.78 is 30.8. The van der Waals surface area contributed by atoms with Crippen molar-refractivity contribution in [1.82, 2.24) is 5.32 Å². The van der Waals surface area contributed by atoms with Crippen molar-refractivity contribution in [1.29, 1.82) is 0 Å². The quantitative estimate of drug-likeness (QED) is 0.641. The van der Waals surface area contributed by atoms with Crippen LogP contribution in [0.3, 0.4) is 0 Å². The standard InChI is InChI=1S/C21H27ClN2O4S/c1-15(2)12-20(16-8-10-19(28-3)11-9-16)23-21(25)14-24(29(4,26)27)18-7-5-6-17(22)13-18/h5-11,13,15,20H,12,14H2,1-4H3,(H,23,25)/t20-/m0/s1. The molecule has 0 aliphatic heterocycles. The van der Waals surface area contributed by atoms with Crippen LogP contribution >= 0.6 is 11.6 Å². The van der Waals surface area contributed by atoms with Crippen LogP contribution in [0.15, 0.2) is 48.5 Å². The first-order valence-corrected chi connectivity index (χ1v) is 11.5. The molecule has 0 unspecified atom stereocenters. The minimum Gasteiger partial charge on any atom is -0.497 e. The number of carbonyl (C=O) groups excluding carboxylic acids is 1. The lowest BCUT2D eigenvalue weighted by atomic mass is 9.97. The summed E-state index contributed by atoms with van der Waals surface area (Å²) in [5.74, 6) is 0.672. The van der Waals surface area contributed by atoms with Crippen LogP contribution in [-0.2, 0) is 14.8 Å². The fourth-order valence-electron chi connectivity index (χ4n) is 2.99. The second-order valence-electron chi connectivity index (χ2n) is 7.27. The summed E-state index contributed by atoms with van der Waals surface area (Å²) >= 11 is 5.99. The van der Waals surface area contributed by atoms with Crippen molar-refractivity contribution in [3.63, 3.8) is 0 Å². The average Bonchev–Trinajstić information content (AvgIpc) is 2.64. The molecule has 0 saturated carbocycles. The molecule has 2 rings (SSSR count). The van der Waals surface area contributed by atoms with Gasteiger partial charge in [0.05, 0.1) is 25.1 Å². The van der Waals surface area contributed by atoms with Crippen molar-refractivity contribution in [3.05, 3.63) is 59.1 Å². The van der Waals surface area contributed by atoms with Gasteiger partial charge in [-0.25, -0.2) is 8.42 Å². The van der Waals surface area contributed by atoms with Crippen LogP contribution in [0.1, 0.15) is 31.9 Å². The molecule has 8 heteroatoms. The molecule has 1 atom stereocenters. The molecule has 0 saturated heterocycles. The Kier molecular flexibility index (Phi) is 7.93. The number of hydrogen-bond acceptors (Lipinski definition) is 4. The summed E-state index contributed by atoms with van der Waals surface area (Å²) in [6.07, 6.45) is 1.78. The number of amides is 1. The molecular formula is C21H27ClN2O4S. The highest BCUT2D eigenvalue weighted by Gasteiger charge is 2.23. The summed E-state index contributed by atoms with van der Waals surface area (Å²) in [5, 5.41) is 3.37. The minimum absolute atomic E-state index is 0.242. The van der Waals surface area contributed by atoms with E-state index in [1.165, 1.54) is 6.07 Å². The summed E-state index contributed by atoms with van der Waals surface area (Å²) in [6.45, 7) is 3.80. The number of rotatable bonds is 9. The molecule has 29 heavy (non-hydrogen) atoms. The van der Waals surface area contributed by atoms with E-state index in [9.17, 15) is 13.2 Å². The Balaban J connectivity index is 2.22. The molecule has 0 aromatic heterocycles. The first kappa shape index (κ1) is 23.0. The molecule has 6 nitrogen and oxygen atoms in total. The number of sulfonamides is 1. The van der Waals surface area contributed by atoms with E-state index in [0.29, 0.717) is 23.0 Å². The first-order chi connectivity index (χ1) is 13.6. The fraction of sp³-hybridized carbons (Fsp3) is 0.381. The number of nitrogens with zero attached hydrogens (tertiary/aromatic N) is 1. The maximum atomic E-state index is 12.8. The average molecular weight is 439 g/mol. The highest BCUT2D eigenvalue weighted by Crippen LogP contribution is 2.25. The van der Waals surface area contributed by atoms with E-state index < -0.39 is 15.9 Å². The third-order valence-electron chi connectivity index (χ3n) is 4.34. The molecular weight excluding hydrogens is 412 g/mol. The molecule has 0 aliphatic carbocycles. The second kappa shape index (κ2) is 9.98. The van der Waals surface area contributed by atoms with E-state index in [4.69, 9.17) is 16.3 Å². The zero-order chi connectivity index (χ0) is 21.6. The zero-order valence-corrected chi connectivity index (χ0v) is 18.6. The maximum Gasteiger partial charge on any atom is 0.241 e. The van der Waals surface area contributed by atoms with Crippen LogP contribution in [0.4, 0.5) is 5.69 Å². The van der Waals surface area contributed by atoms with E-state index in [1.807, 2.05) is 24.3 Å². The summed E-state index contributed by atoms with van der Waals surface area (Å²) in [6, 6.07) is 13.7. The van der Waals surface area contributed by atoms with Crippen molar-refractivity contribution < 1.29 is 17.9 Å². The van der Waals surface area contributed by atoms with Gasteiger partial charge in [0.25, 0.3) is 0 Å². The Morgan fingerprint density at radius 1 is 1.17 bits per heavy atom. The Hall–Kier alpha value is -2.25. The molecule has 158 valence electrons. The van der Waals surface area contributed by atoms with Crippen molar-refractivity contribution in [3.8, 4) is 5.75 Å². The minimum atomic E-state index is -3.66. The summed E-state index contributed by atoms with van der Waals surface area (Å²) in [5.41, 5.74) is 1.28. The van der Waals surface area contributed by atoms with Crippen LogP contribution in [0.25, 0.3) is 0 Å². The van der Waals surface area contributed by atoms with Gasteiger partial charge in [-0.1, -0.05) is 43.6 Å². The van der Waals surface area contributed by atoms with E-state index in [2.05, 4.69) is 19.2 Å². The van der Waals surface area contributed by atoms with Crippen molar-refractivity contribution in [2.75, 3.05) is 24.2 Å².